The first-order chi connectivity index (χ1) is 10.7. The average molecular weight is 316 g/mol. The van der Waals surface area contributed by atoms with E-state index in [1.54, 1.807) is 12.1 Å². The molecule has 2 saturated heterocycles. The summed E-state index contributed by atoms with van der Waals surface area (Å²) in [7, 11) is 0. The molecule has 3 nitrogen and oxygen atoms in total. The monoisotopic (exact) mass is 316 g/mol. The van der Waals surface area contributed by atoms with Crippen LogP contribution in [0.5, 0.6) is 0 Å². The zero-order valence-electron chi connectivity index (χ0n) is 12.1. The lowest BCUT2D eigenvalue weighted by Gasteiger charge is -2.22. The van der Waals surface area contributed by atoms with Crippen molar-refractivity contribution in [1.29, 1.82) is 0 Å². The van der Waals surface area contributed by atoms with Crippen LogP contribution in [0.1, 0.15) is 16.1 Å². The van der Waals surface area contributed by atoms with Crippen LogP contribution in [0, 0.1) is 11.7 Å². The fraction of sp³-hybridized carbons (Fsp3) is 0.353. The molecule has 114 valence electrons. The molecule has 5 heteroatoms. The van der Waals surface area contributed by atoms with Gasteiger partial charge >= 0.3 is 0 Å². The summed E-state index contributed by atoms with van der Waals surface area (Å²) in [6.45, 7) is 3.27. The smallest absolute Gasteiger partial charge is 0.261 e. The van der Waals surface area contributed by atoms with Gasteiger partial charge in [-0.15, -0.1) is 11.3 Å². The number of nitrogens with zero attached hydrogens (tertiary/aromatic N) is 1. The number of benzene rings is 1. The number of piperidine rings is 1. The number of carbonyl (C=O) groups is 1. The second kappa shape index (κ2) is 5.48. The third-order valence-electron chi connectivity index (χ3n) is 4.61. The fourth-order valence-electron chi connectivity index (χ4n) is 3.42. The Kier molecular flexibility index (Phi) is 3.47. The van der Waals surface area contributed by atoms with E-state index in [1.807, 2.05) is 12.1 Å². The first kappa shape index (κ1) is 13.9. The molecule has 4 rings (SSSR count). The molecule has 3 heterocycles. The van der Waals surface area contributed by atoms with Gasteiger partial charge in [0.15, 0.2) is 0 Å². The molecule has 0 radical (unpaired) electrons. The molecular formula is C17H17FN2OS. The molecule has 2 bridgehead atoms. The number of hydrogen-bond acceptors (Lipinski definition) is 3. The summed E-state index contributed by atoms with van der Waals surface area (Å²) >= 11 is 1.46. The maximum atomic E-state index is 13.0. The van der Waals surface area contributed by atoms with E-state index >= 15 is 0 Å². The molecule has 1 amide bonds. The van der Waals surface area contributed by atoms with Crippen LogP contribution in [-0.2, 0) is 0 Å². The lowest BCUT2D eigenvalue weighted by molar-refractivity contribution is 0.0928. The van der Waals surface area contributed by atoms with E-state index in [4.69, 9.17) is 0 Å². The normalized spacial score (nSPS) is 26.3. The average Bonchev–Trinajstić information content (AvgIpc) is 3.24. The van der Waals surface area contributed by atoms with Crippen LogP contribution in [0.4, 0.5) is 4.39 Å². The van der Waals surface area contributed by atoms with Gasteiger partial charge in [-0.05, 0) is 48.7 Å². The highest BCUT2D eigenvalue weighted by molar-refractivity contribution is 7.17. The van der Waals surface area contributed by atoms with Crippen LogP contribution in [0.2, 0.25) is 0 Å². The number of hydrogen-bond donors (Lipinski definition) is 1. The van der Waals surface area contributed by atoms with E-state index < -0.39 is 0 Å². The number of nitrogens with one attached hydrogen (secondary N) is 1. The van der Waals surface area contributed by atoms with Gasteiger partial charge in [0.2, 0.25) is 0 Å². The molecule has 1 N–H and O–H groups in total. The summed E-state index contributed by atoms with van der Waals surface area (Å²) in [5.74, 6) is 0.377. The van der Waals surface area contributed by atoms with Crippen molar-refractivity contribution in [2.45, 2.75) is 12.5 Å². The quantitative estimate of drug-likeness (QED) is 0.944. The Morgan fingerprint density at radius 3 is 2.68 bits per heavy atom. The van der Waals surface area contributed by atoms with E-state index in [1.165, 1.54) is 36.4 Å². The first-order valence-corrected chi connectivity index (χ1v) is 8.40. The molecule has 1 unspecified atom stereocenters. The van der Waals surface area contributed by atoms with Gasteiger partial charge in [0.25, 0.3) is 5.91 Å². The molecule has 3 atom stereocenters. The van der Waals surface area contributed by atoms with Crippen molar-refractivity contribution in [3.05, 3.63) is 47.1 Å². The van der Waals surface area contributed by atoms with Crippen molar-refractivity contribution in [3.63, 3.8) is 0 Å². The molecule has 0 spiro atoms. The Morgan fingerprint density at radius 2 is 2.00 bits per heavy atom. The Labute approximate surface area is 132 Å². The van der Waals surface area contributed by atoms with E-state index in [0.29, 0.717) is 5.92 Å². The minimum atomic E-state index is -0.246. The Hall–Kier alpha value is -1.72. The molecule has 2 aliphatic heterocycles. The van der Waals surface area contributed by atoms with Crippen molar-refractivity contribution < 1.29 is 9.18 Å². The van der Waals surface area contributed by atoms with Crippen LogP contribution >= 0.6 is 11.3 Å². The highest BCUT2D eigenvalue weighted by Gasteiger charge is 2.38. The number of thiophene rings is 1. The van der Waals surface area contributed by atoms with E-state index in [-0.39, 0.29) is 17.8 Å². The maximum absolute atomic E-state index is 13.0. The fourth-order valence-corrected chi connectivity index (χ4v) is 4.33. The summed E-state index contributed by atoms with van der Waals surface area (Å²) in [5.41, 5.74) is 0.941. The van der Waals surface area contributed by atoms with Crippen molar-refractivity contribution in [2.24, 2.45) is 5.92 Å². The SMILES string of the molecule is O=C(N[C@H]1CN2CC[C@H]1C2)c1ccc(-c2ccc(F)cc2)s1. The highest BCUT2D eigenvalue weighted by Crippen LogP contribution is 2.30. The van der Waals surface area contributed by atoms with Crippen molar-refractivity contribution >= 4 is 17.2 Å². The van der Waals surface area contributed by atoms with Gasteiger partial charge in [0.1, 0.15) is 5.82 Å². The largest absolute Gasteiger partial charge is 0.347 e. The summed E-state index contributed by atoms with van der Waals surface area (Å²) in [6, 6.07) is 10.4. The third kappa shape index (κ3) is 2.55. The van der Waals surface area contributed by atoms with Crippen LogP contribution in [0.3, 0.4) is 0 Å². The zero-order chi connectivity index (χ0) is 15.1. The van der Waals surface area contributed by atoms with Gasteiger partial charge < -0.3 is 10.2 Å². The standard InChI is InChI=1S/C17H17FN2OS/c18-13-3-1-11(2-4-13)15-5-6-16(22-15)17(21)19-14-10-20-8-7-12(14)9-20/h1-6,12,14H,7-10H2,(H,19,21)/t12-,14-/m0/s1. The van der Waals surface area contributed by atoms with Gasteiger partial charge in [-0.25, -0.2) is 4.39 Å². The van der Waals surface area contributed by atoms with Crippen LogP contribution in [0.15, 0.2) is 36.4 Å². The number of amides is 1. The summed E-state index contributed by atoms with van der Waals surface area (Å²) in [4.78, 5) is 16.5. The molecule has 0 saturated carbocycles. The number of carbonyl (C=O) groups excluding carboxylic acids is 1. The van der Waals surface area contributed by atoms with Crippen molar-refractivity contribution in [3.8, 4) is 10.4 Å². The van der Waals surface area contributed by atoms with Gasteiger partial charge in [-0.2, -0.15) is 0 Å². The molecule has 22 heavy (non-hydrogen) atoms. The van der Waals surface area contributed by atoms with Gasteiger partial charge in [-0.3, -0.25) is 4.79 Å². The predicted octanol–water partition coefficient (Wildman–Crippen LogP) is 2.99. The van der Waals surface area contributed by atoms with Crippen molar-refractivity contribution in [1.82, 2.24) is 10.2 Å². The summed E-state index contributed by atoms with van der Waals surface area (Å²) in [5, 5.41) is 3.17. The number of halogens is 1. The summed E-state index contributed by atoms with van der Waals surface area (Å²) in [6.07, 6.45) is 1.19. The van der Waals surface area contributed by atoms with Gasteiger partial charge in [0.05, 0.1) is 4.88 Å². The summed E-state index contributed by atoms with van der Waals surface area (Å²) < 4.78 is 13.0. The molecule has 2 fully saturated rings. The minimum absolute atomic E-state index is 0.0112. The molecule has 1 aromatic carbocycles. The topological polar surface area (TPSA) is 32.3 Å². The van der Waals surface area contributed by atoms with Crippen LogP contribution < -0.4 is 5.32 Å². The highest BCUT2D eigenvalue weighted by atomic mass is 32.1. The molecule has 2 aromatic rings. The van der Waals surface area contributed by atoms with Crippen LogP contribution in [0.25, 0.3) is 10.4 Å². The zero-order valence-corrected chi connectivity index (χ0v) is 12.9. The molecule has 0 aliphatic carbocycles. The maximum Gasteiger partial charge on any atom is 0.261 e. The number of fused-ring (bicyclic) bond motifs is 2. The molecular weight excluding hydrogens is 299 g/mol. The molecule has 2 aliphatic rings. The lowest BCUT2D eigenvalue weighted by Crippen LogP contribution is -2.42. The van der Waals surface area contributed by atoms with Crippen molar-refractivity contribution in [2.75, 3.05) is 19.6 Å². The van der Waals surface area contributed by atoms with E-state index in [9.17, 15) is 9.18 Å². The minimum Gasteiger partial charge on any atom is -0.347 e. The third-order valence-corrected chi connectivity index (χ3v) is 5.74. The Balaban J connectivity index is 1.46. The first-order valence-electron chi connectivity index (χ1n) is 7.58. The number of rotatable bonds is 3. The lowest BCUT2D eigenvalue weighted by atomic mass is 10.00. The Bertz CT molecular complexity index is 697. The van der Waals surface area contributed by atoms with Gasteiger partial charge in [-0.1, -0.05) is 12.1 Å². The van der Waals surface area contributed by atoms with Crippen LogP contribution in [-0.4, -0.2) is 36.5 Å². The second-order valence-corrected chi connectivity index (χ2v) is 7.14. The second-order valence-electron chi connectivity index (χ2n) is 6.06. The van der Waals surface area contributed by atoms with E-state index in [0.717, 1.165) is 28.4 Å². The van der Waals surface area contributed by atoms with Gasteiger partial charge in [0, 0.05) is 24.0 Å². The van der Waals surface area contributed by atoms with E-state index in [2.05, 4.69) is 10.2 Å². The predicted molar refractivity (Wildman–Crippen MR) is 85.5 cm³/mol. The molecule has 1 aromatic heterocycles. The Morgan fingerprint density at radius 1 is 1.18 bits per heavy atom.